The second-order valence-electron chi connectivity index (χ2n) is 3.70. The summed E-state index contributed by atoms with van der Waals surface area (Å²) in [5.74, 6) is -0.129. The van der Waals surface area contributed by atoms with E-state index in [1.165, 1.54) is 0 Å². The van der Waals surface area contributed by atoms with Gasteiger partial charge in [0.1, 0.15) is 0 Å². The van der Waals surface area contributed by atoms with Crippen molar-refractivity contribution in [2.24, 2.45) is 11.5 Å². The Morgan fingerprint density at radius 2 is 2.00 bits per heavy atom. The quantitative estimate of drug-likeness (QED) is 0.546. The minimum Gasteiger partial charge on any atom is -0.350 e. The highest BCUT2D eigenvalue weighted by atomic mass is 35.5. The van der Waals surface area contributed by atoms with Crippen LogP contribution in [0.2, 0.25) is 0 Å². The SMILES string of the molecule is CC(C)(N)C(=O)NC1CC1N.Cl. The molecule has 0 saturated heterocycles. The van der Waals surface area contributed by atoms with Crippen molar-refractivity contribution in [2.75, 3.05) is 0 Å². The van der Waals surface area contributed by atoms with Gasteiger partial charge < -0.3 is 16.8 Å². The number of nitrogens with one attached hydrogen (secondary N) is 1. The number of rotatable bonds is 2. The van der Waals surface area contributed by atoms with Crippen LogP contribution in [0.15, 0.2) is 0 Å². The second-order valence-corrected chi connectivity index (χ2v) is 3.70. The predicted octanol–water partition coefficient (Wildman–Crippen LogP) is -0.639. The lowest BCUT2D eigenvalue weighted by Crippen LogP contribution is -2.50. The summed E-state index contributed by atoms with van der Waals surface area (Å²) in [5.41, 5.74) is 10.3. The summed E-state index contributed by atoms with van der Waals surface area (Å²) >= 11 is 0. The molecule has 0 aliphatic heterocycles. The molecule has 0 aromatic carbocycles. The monoisotopic (exact) mass is 193 g/mol. The molecule has 0 aromatic rings. The lowest BCUT2D eigenvalue weighted by molar-refractivity contribution is -0.125. The molecule has 0 heterocycles. The Labute approximate surface area is 78.5 Å². The smallest absolute Gasteiger partial charge is 0.239 e. The number of nitrogens with two attached hydrogens (primary N) is 2. The molecule has 0 bridgehead atoms. The van der Waals surface area contributed by atoms with Crippen molar-refractivity contribution in [1.82, 2.24) is 5.32 Å². The Morgan fingerprint density at radius 1 is 1.58 bits per heavy atom. The molecule has 0 spiro atoms. The first-order valence-electron chi connectivity index (χ1n) is 3.76. The maximum atomic E-state index is 11.2. The van der Waals surface area contributed by atoms with Gasteiger partial charge in [-0.05, 0) is 20.3 Å². The van der Waals surface area contributed by atoms with Gasteiger partial charge in [-0.2, -0.15) is 0 Å². The Morgan fingerprint density at radius 3 is 2.25 bits per heavy atom. The molecular weight excluding hydrogens is 178 g/mol. The Balaban J connectivity index is 0.00000121. The standard InChI is InChI=1S/C7H15N3O.ClH/c1-7(2,9)6(11)10-5-3-4(5)8;/h4-5H,3,8-9H2,1-2H3,(H,10,11);1H. The maximum Gasteiger partial charge on any atom is 0.239 e. The van der Waals surface area contributed by atoms with Gasteiger partial charge in [0, 0.05) is 12.1 Å². The molecule has 2 unspecified atom stereocenters. The van der Waals surface area contributed by atoms with Crippen LogP contribution in [-0.2, 0) is 4.79 Å². The van der Waals surface area contributed by atoms with E-state index in [4.69, 9.17) is 11.5 Å². The first-order chi connectivity index (χ1) is 4.91. The summed E-state index contributed by atoms with van der Waals surface area (Å²) in [7, 11) is 0. The van der Waals surface area contributed by atoms with E-state index in [1.807, 2.05) is 0 Å². The molecule has 5 N–H and O–H groups in total. The first-order valence-corrected chi connectivity index (χ1v) is 3.76. The molecule has 0 radical (unpaired) electrons. The van der Waals surface area contributed by atoms with Crippen LogP contribution < -0.4 is 16.8 Å². The highest BCUT2D eigenvalue weighted by Gasteiger charge is 2.37. The average molecular weight is 194 g/mol. The number of carbonyl (C=O) groups is 1. The van der Waals surface area contributed by atoms with Gasteiger partial charge in [0.25, 0.3) is 0 Å². The first kappa shape index (κ1) is 11.7. The van der Waals surface area contributed by atoms with Gasteiger partial charge in [0.2, 0.25) is 5.91 Å². The van der Waals surface area contributed by atoms with E-state index in [-0.39, 0.29) is 30.4 Å². The maximum absolute atomic E-state index is 11.2. The van der Waals surface area contributed by atoms with Crippen molar-refractivity contribution in [2.45, 2.75) is 37.9 Å². The van der Waals surface area contributed by atoms with Gasteiger partial charge in [-0.25, -0.2) is 0 Å². The molecule has 12 heavy (non-hydrogen) atoms. The third kappa shape index (κ3) is 2.97. The van der Waals surface area contributed by atoms with E-state index >= 15 is 0 Å². The zero-order chi connectivity index (χ0) is 8.65. The second kappa shape index (κ2) is 3.60. The average Bonchev–Trinajstić information content (AvgIpc) is 2.44. The Kier molecular flexibility index (Phi) is 3.50. The van der Waals surface area contributed by atoms with E-state index < -0.39 is 5.54 Å². The molecule has 1 aliphatic rings. The van der Waals surface area contributed by atoms with Crippen LogP contribution in [0, 0.1) is 0 Å². The van der Waals surface area contributed by atoms with Gasteiger partial charge >= 0.3 is 0 Å². The molecule has 1 rings (SSSR count). The topological polar surface area (TPSA) is 81.1 Å². The van der Waals surface area contributed by atoms with Crippen LogP contribution in [0.4, 0.5) is 0 Å². The molecule has 2 atom stereocenters. The van der Waals surface area contributed by atoms with Crippen molar-refractivity contribution >= 4 is 18.3 Å². The number of halogens is 1. The largest absolute Gasteiger partial charge is 0.350 e. The molecular formula is C7H16ClN3O. The lowest BCUT2D eigenvalue weighted by Gasteiger charge is -2.17. The van der Waals surface area contributed by atoms with Crippen LogP contribution in [0.1, 0.15) is 20.3 Å². The van der Waals surface area contributed by atoms with Crippen molar-refractivity contribution in [3.8, 4) is 0 Å². The van der Waals surface area contributed by atoms with Crippen molar-refractivity contribution in [3.63, 3.8) is 0 Å². The molecule has 1 fully saturated rings. The van der Waals surface area contributed by atoms with Crippen molar-refractivity contribution in [1.29, 1.82) is 0 Å². The van der Waals surface area contributed by atoms with Crippen LogP contribution in [0.25, 0.3) is 0 Å². The molecule has 1 aliphatic carbocycles. The minimum atomic E-state index is -0.789. The Bertz CT molecular complexity index is 178. The van der Waals surface area contributed by atoms with E-state index in [9.17, 15) is 4.79 Å². The molecule has 4 nitrogen and oxygen atoms in total. The summed E-state index contributed by atoms with van der Waals surface area (Å²) in [5, 5.41) is 2.75. The normalized spacial score (nSPS) is 27.3. The highest BCUT2D eigenvalue weighted by Crippen LogP contribution is 2.18. The van der Waals surface area contributed by atoms with E-state index in [1.54, 1.807) is 13.8 Å². The fourth-order valence-corrected chi connectivity index (χ4v) is 0.735. The number of hydrogen-bond acceptors (Lipinski definition) is 3. The third-order valence-corrected chi connectivity index (χ3v) is 1.74. The number of hydrogen-bond donors (Lipinski definition) is 3. The lowest BCUT2D eigenvalue weighted by atomic mass is 10.1. The van der Waals surface area contributed by atoms with Gasteiger partial charge in [-0.3, -0.25) is 4.79 Å². The molecule has 1 amide bonds. The third-order valence-electron chi connectivity index (χ3n) is 1.74. The fraction of sp³-hybridized carbons (Fsp3) is 0.857. The van der Waals surface area contributed by atoms with Gasteiger partial charge in [0.05, 0.1) is 5.54 Å². The van der Waals surface area contributed by atoms with Gasteiger partial charge in [-0.1, -0.05) is 0 Å². The molecule has 5 heteroatoms. The Hall–Kier alpha value is -0.320. The molecule has 1 saturated carbocycles. The van der Waals surface area contributed by atoms with Crippen LogP contribution in [0.3, 0.4) is 0 Å². The summed E-state index contributed by atoms with van der Waals surface area (Å²) in [6.07, 6.45) is 0.877. The predicted molar refractivity (Wildman–Crippen MR) is 50.0 cm³/mol. The van der Waals surface area contributed by atoms with E-state index in [0.717, 1.165) is 6.42 Å². The fourth-order valence-electron chi connectivity index (χ4n) is 0.735. The number of amides is 1. The van der Waals surface area contributed by atoms with E-state index in [0.29, 0.717) is 0 Å². The highest BCUT2D eigenvalue weighted by molar-refractivity contribution is 5.85. The zero-order valence-corrected chi connectivity index (χ0v) is 8.15. The van der Waals surface area contributed by atoms with Gasteiger partial charge in [0.15, 0.2) is 0 Å². The van der Waals surface area contributed by atoms with Crippen molar-refractivity contribution in [3.05, 3.63) is 0 Å². The van der Waals surface area contributed by atoms with Gasteiger partial charge in [-0.15, -0.1) is 12.4 Å². The molecule has 72 valence electrons. The van der Waals surface area contributed by atoms with E-state index in [2.05, 4.69) is 5.32 Å². The summed E-state index contributed by atoms with van der Waals surface area (Å²) in [6.45, 7) is 3.35. The summed E-state index contributed by atoms with van der Waals surface area (Å²) in [6, 6.07) is 0.298. The molecule has 0 aromatic heterocycles. The van der Waals surface area contributed by atoms with Crippen LogP contribution in [-0.4, -0.2) is 23.5 Å². The summed E-state index contributed by atoms with van der Waals surface area (Å²) < 4.78 is 0. The summed E-state index contributed by atoms with van der Waals surface area (Å²) in [4.78, 5) is 11.2. The van der Waals surface area contributed by atoms with Crippen LogP contribution >= 0.6 is 12.4 Å². The van der Waals surface area contributed by atoms with Crippen LogP contribution in [0.5, 0.6) is 0 Å². The van der Waals surface area contributed by atoms with Crippen molar-refractivity contribution < 1.29 is 4.79 Å². The number of carbonyl (C=O) groups excluding carboxylic acids is 1. The minimum absolute atomic E-state index is 0. The zero-order valence-electron chi connectivity index (χ0n) is 7.33.